The molecule has 0 radical (unpaired) electrons. The lowest BCUT2D eigenvalue weighted by atomic mass is 10.2. The van der Waals surface area contributed by atoms with Gasteiger partial charge in [0, 0.05) is 5.70 Å². The highest BCUT2D eigenvalue weighted by Crippen LogP contribution is 1.94. The molecule has 0 amide bonds. The van der Waals surface area contributed by atoms with Crippen LogP contribution in [0, 0.1) is 0 Å². The van der Waals surface area contributed by atoms with E-state index < -0.39 is 0 Å². The molecule has 0 spiro atoms. The van der Waals surface area contributed by atoms with Crippen LogP contribution in [0.2, 0.25) is 0 Å². The van der Waals surface area contributed by atoms with Gasteiger partial charge in [-0.1, -0.05) is 19.2 Å². The first kappa shape index (κ1) is 7.02. The van der Waals surface area contributed by atoms with E-state index in [4.69, 9.17) is 5.73 Å². The Hall–Kier alpha value is -0.980. The summed E-state index contributed by atoms with van der Waals surface area (Å²) < 4.78 is 0. The van der Waals surface area contributed by atoms with Crippen LogP contribution in [-0.4, -0.2) is 0 Å². The molecular formula is C7H11N. The van der Waals surface area contributed by atoms with Crippen molar-refractivity contribution in [3.63, 3.8) is 0 Å². The molecule has 8 heavy (non-hydrogen) atoms. The number of hydrogen-bond donors (Lipinski definition) is 1. The molecule has 44 valence electrons. The van der Waals surface area contributed by atoms with Crippen LogP contribution in [0.1, 0.15) is 6.92 Å². The van der Waals surface area contributed by atoms with Crippen molar-refractivity contribution in [2.24, 2.45) is 5.73 Å². The van der Waals surface area contributed by atoms with Crippen LogP contribution in [0.25, 0.3) is 0 Å². The molecule has 0 aromatic heterocycles. The maximum Gasteiger partial charge on any atom is 0.0243 e. The van der Waals surface area contributed by atoms with Gasteiger partial charge in [-0.3, -0.25) is 0 Å². The van der Waals surface area contributed by atoms with Gasteiger partial charge in [0.25, 0.3) is 0 Å². The number of nitrogens with two attached hydrogens (primary N) is 1. The topological polar surface area (TPSA) is 26.0 Å². The molecule has 0 heterocycles. The Morgan fingerprint density at radius 3 is 2.25 bits per heavy atom. The van der Waals surface area contributed by atoms with Gasteiger partial charge in [0.05, 0.1) is 0 Å². The second kappa shape index (κ2) is 3.08. The Morgan fingerprint density at radius 2 is 2.12 bits per heavy atom. The molecule has 1 heteroatoms. The van der Waals surface area contributed by atoms with E-state index in [1.165, 1.54) is 0 Å². The summed E-state index contributed by atoms with van der Waals surface area (Å²) in [5.74, 6) is 0. The van der Waals surface area contributed by atoms with Crippen LogP contribution >= 0.6 is 0 Å². The summed E-state index contributed by atoms with van der Waals surface area (Å²) >= 11 is 0. The third kappa shape index (κ3) is 3.22. The molecule has 0 rings (SSSR count). The number of hydrogen-bond acceptors (Lipinski definition) is 1. The lowest BCUT2D eigenvalue weighted by Gasteiger charge is -1.88. The Morgan fingerprint density at radius 1 is 1.62 bits per heavy atom. The largest absolute Gasteiger partial charge is 0.399 e. The zero-order chi connectivity index (χ0) is 6.57. The van der Waals surface area contributed by atoms with Gasteiger partial charge in [0.1, 0.15) is 0 Å². The molecule has 0 aliphatic heterocycles. The third-order valence-corrected chi connectivity index (χ3v) is 0.735. The zero-order valence-corrected chi connectivity index (χ0v) is 5.15. The van der Waals surface area contributed by atoms with Crippen LogP contribution in [0.4, 0.5) is 0 Å². The van der Waals surface area contributed by atoms with E-state index in [0.29, 0.717) is 5.70 Å². The maximum atomic E-state index is 5.25. The van der Waals surface area contributed by atoms with Gasteiger partial charge in [-0.05, 0) is 18.6 Å². The smallest absolute Gasteiger partial charge is 0.0243 e. The van der Waals surface area contributed by atoms with Crippen molar-refractivity contribution < 1.29 is 0 Å². The van der Waals surface area contributed by atoms with Crippen LogP contribution < -0.4 is 5.73 Å². The monoisotopic (exact) mass is 109 g/mol. The van der Waals surface area contributed by atoms with Crippen LogP contribution in [0.3, 0.4) is 0 Å². The van der Waals surface area contributed by atoms with E-state index in [9.17, 15) is 0 Å². The molecule has 0 fully saturated rings. The van der Waals surface area contributed by atoms with Gasteiger partial charge in [0.15, 0.2) is 0 Å². The first-order valence-corrected chi connectivity index (χ1v) is 2.42. The second-order valence-electron chi connectivity index (χ2n) is 1.67. The predicted octanol–water partition coefficient (Wildman–Crippen LogP) is 1.59. The van der Waals surface area contributed by atoms with E-state index in [1.54, 1.807) is 12.2 Å². The summed E-state index contributed by atoms with van der Waals surface area (Å²) in [6, 6.07) is 0. The fourth-order valence-corrected chi connectivity index (χ4v) is 0.351. The Kier molecular flexibility index (Phi) is 2.70. The molecule has 0 atom stereocenters. The van der Waals surface area contributed by atoms with Crippen molar-refractivity contribution in [1.82, 2.24) is 0 Å². The molecule has 2 N–H and O–H groups in total. The molecule has 0 aliphatic carbocycles. The summed E-state index contributed by atoms with van der Waals surface area (Å²) in [4.78, 5) is 0. The minimum Gasteiger partial charge on any atom is -0.399 e. The van der Waals surface area contributed by atoms with Crippen molar-refractivity contribution >= 4 is 0 Å². The van der Waals surface area contributed by atoms with Gasteiger partial charge < -0.3 is 5.73 Å². The van der Waals surface area contributed by atoms with Gasteiger partial charge >= 0.3 is 0 Å². The summed E-state index contributed by atoms with van der Waals surface area (Å²) in [6.45, 7) is 8.97. The lowest BCUT2D eigenvalue weighted by Crippen LogP contribution is -1.89. The van der Waals surface area contributed by atoms with Gasteiger partial charge in [-0.15, -0.1) is 0 Å². The van der Waals surface area contributed by atoms with Crippen molar-refractivity contribution in [3.05, 3.63) is 36.6 Å². The average Bonchev–Trinajstić information content (AvgIpc) is 1.65. The van der Waals surface area contributed by atoms with Crippen molar-refractivity contribution in [3.8, 4) is 0 Å². The van der Waals surface area contributed by atoms with E-state index in [1.807, 2.05) is 6.92 Å². The van der Waals surface area contributed by atoms with Gasteiger partial charge in [-0.2, -0.15) is 0 Å². The van der Waals surface area contributed by atoms with E-state index in [-0.39, 0.29) is 0 Å². The third-order valence-electron chi connectivity index (χ3n) is 0.735. The Balaban J connectivity index is 3.94. The molecule has 0 aromatic carbocycles. The van der Waals surface area contributed by atoms with Crippen LogP contribution in [-0.2, 0) is 0 Å². The van der Waals surface area contributed by atoms with Crippen molar-refractivity contribution in [2.45, 2.75) is 6.92 Å². The summed E-state index contributed by atoms with van der Waals surface area (Å²) in [5, 5.41) is 0. The Bertz CT molecular complexity index is 131. The molecule has 0 aliphatic rings. The van der Waals surface area contributed by atoms with Gasteiger partial charge in [0.2, 0.25) is 0 Å². The molecule has 1 nitrogen and oxygen atoms in total. The summed E-state index contributed by atoms with van der Waals surface area (Å²) in [7, 11) is 0. The SMILES string of the molecule is C=C/C(C)=C\C(=C)N. The average molecular weight is 109 g/mol. The summed E-state index contributed by atoms with van der Waals surface area (Å²) in [5.41, 5.74) is 6.86. The molecule has 0 bridgehead atoms. The van der Waals surface area contributed by atoms with Crippen molar-refractivity contribution in [2.75, 3.05) is 0 Å². The first-order valence-electron chi connectivity index (χ1n) is 2.42. The molecule has 0 saturated heterocycles. The fourth-order valence-electron chi connectivity index (χ4n) is 0.351. The molecule has 0 unspecified atom stereocenters. The minimum absolute atomic E-state index is 0.572. The molecular weight excluding hydrogens is 98.1 g/mol. The minimum atomic E-state index is 0.572. The van der Waals surface area contributed by atoms with E-state index >= 15 is 0 Å². The highest BCUT2D eigenvalue weighted by molar-refractivity contribution is 5.23. The Labute approximate surface area is 50.2 Å². The number of rotatable bonds is 2. The lowest BCUT2D eigenvalue weighted by molar-refractivity contribution is 1.40. The van der Waals surface area contributed by atoms with Crippen LogP contribution in [0.5, 0.6) is 0 Å². The normalized spacial score (nSPS) is 10.9. The van der Waals surface area contributed by atoms with E-state index in [0.717, 1.165) is 5.57 Å². The first-order chi connectivity index (χ1) is 3.66. The maximum absolute atomic E-state index is 5.25. The van der Waals surface area contributed by atoms with Gasteiger partial charge in [-0.25, -0.2) is 0 Å². The zero-order valence-electron chi connectivity index (χ0n) is 5.15. The second-order valence-corrected chi connectivity index (χ2v) is 1.67. The summed E-state index contributed by atoms with van der Waals surface area (Å²) in [6.07, 6.45) is 3.50. The molecule has 0 saturated carbocycles. The van der Waals surface area contributed by atoms with Crippen molar-refractivity contribution in [1.29, 1.82) is 0 Å². The highest BCUT2D eigenvalue weighted by Gasteiger charge is 1.77. The standard InChI is InChI=1S/C7H11N/c1-4-6(2)5-7(3)8/h4-5H,1,3,8H2,2H3/b6-5-. The molecule has 0 aromatic rings. The van der Waals surface area contributed by atoms with Crippen LogP contribution in [0.15, 0.2) is 36.6 Å². The highest BCUT2D eigenvalue weighted by atomic mass is 14.5. The van der Waals surface area contributed by atoms with E-state index in [2.05, 4.69) is 13.2 Å². The quantitative estimate of drug-likeness (QED) is 0.535. The number of allylic oxidation sites excluding steroid dienone is 3. The fraction of sp³-hybridized carbons (Fsp3) is 0.143. The predicted molar refractivity (Wildman–Crippen MR) is 37.3 cm³/mol.